The zero-order valence-corrected chi connectivity index (χ0v) is 12.8. The molecule has 1 atom stereocenters. The van der Waals surface area contributed by atoms with E-state index in [-0.39, 0.29) is 18.2 Å². The highest BCUT2D eigenvalue weighted by Gasteiger charge is 2.33. The average Bonchev–Trinajstić information content (AvgIpc) is 2.77. The highest BCUT2D eigenvalue weighted by molar-refractivity contribution is 6.01. The lowest BCUT2D eigenvalue weighted by atomic mass is 10.1. The molecule has 5 nitrogen and oxygen atoms in total. The summed E-state index contributed by atoms with van der Waals surface area (Å²) in [5.74, 6) is -0.178. The van der Waals surface area contributed by atoms with Crippen molar-refractivity contribution in [2.24, 2.45) is 0 Å². The third-order valence-corrected chi connectivity index (χ3v) is 3.59. The van der Waals surface area contributed by atoms with E-state index in [2.05, 4.69) is 11.4 Å². The smallest absolute Gasteiger partial charge is 0.249 e. The molecule has 21 heavy (non-hydrogen) atoms. The van der Waals surface area contributed by atoms with Gasteiger partial charge in [0, 0.05) is 25.8 Å². The fourth-order valence-corrected chi connectivity index (χ4v) is 2.64. The van der Waals surface area contributed by atoms with Gasteiger partial charge in [0.15, 0.2) is 0 Å². The van der Waals surface area contributed by atoms with Gasteiger partial charge in [-0.05, 0) is 43.5 Å². The number of amides is 2. The van der Waals surface area contributed by atoms with Gasteiger partial charge in [0.05, 0.1) is 6.61 Å². The molecule has 1 aromatic rings. The van der Waals surface area contributed by atoms with Crippen LogP contribution in [-0.2, 0) is 14.3 Å². The number of nitrogens with one attached hydrogen (secondary N) is 1. The zero-order valence-electron chi connectivity index (χ0n) is 12.8. The molecule has 0 radical (unpaired) electrons. The first-order valence-corrected chi connectivity index (χ1v) is 7.19. The first kappa shape index (κ1) is 15.5. The molecule has 1 aromatic carbocycles. The van der Waals surface area contributed by atoms with Crippen molar-refractivity contribution in [1.29, 1.82) is 0 Å². The molecule has 1 aliphatic heterocycles. The summed E-state index contributed by atoms with van der Waals surface area (Å²) in [6.07, 6.45) is 0.925. The number of nitrogens with zero attached hydrogens (tertiary/aromatic N) is 1. The maximum atomic E-state index is 12.4. The van der Waals surface area contributed by atoms with E-state index < -0.39 is 6.04 Å². The molecule has 114 valence electrons. The minimum absolute atomic E-state index is 0.0363. The number of methoxy groups -OCH3 is 1. The Kier molecular flexibility index (Phi) is 4.96. The highest BCUT2D eigenvalue weighted by Crippen LogP contribution is 2.24. The summed E-state index contributed by atoms with van der Waals surface area (Å²) < 4.78 is 4.86. The molecule has 1 aliphatic rings. The lowest BCUT2D eigenvalue weighted by Gasteiger charge is -2.18. The molecule has 0 spiro atoms. The van der Waals surface area contributed by atoms with Gasteiger partial charge in [0.2, 0.25) is 11.8 Å². The van der Waals surface area contributed by atoms with Crippen molar-refractivity contribution >= 4 is 17.5 Å². The first-order valence-electron chi connectivity index (χ1n) is 7.19. The molecule has 1 fully saturated rings. The predicted octanol–water partition coefficient (Wildman–Crippen LogP) is 1.56. The van der Waals surface area contributed by atoms with E-state index in [0.29, 0.717) is 19.6 Å². The van der Waals surface area contributed by atoms with E-state index in [1.54, 1.807) is 12.0 Å². The number of carbonyl (C=O) groups excluding carboxylic acids is 2. The molecule has 2 rings (SSSR count). The summed E-state index contributed by atoms with van der Waals surface area (Å²) >= 11 is 0. The summed E-state index contributed by atoms with van der Waals surface area (Å²) in [7, 11) is 1.55. The molecule has 1 N–H and O–H groups in total. The van der Waals surface area contributed by atoms with Crippen molar-refractivity contribution in [2.75, 3.05) is 25.2 Å². The second-order valence-corrected chi connectivity index (χ2v) is 5.49. The van der Waals surface area contributed by atoms with Gasteiger partial charge in [-0.1, -0.05) is 6.07 Å². The average molecular weight is 290 g/mol. The monoisotopic (exact) mass is 290 g/mol. The number of carbonyl (C=O) groups is 2. The molecule has 0 aliphatic carbocycles. The lowest BCUT2D eigenvalue weighted by molar-refractivity contribution is -0.127. The van der Waals surface area contributed by atoms with Crippen molar-refractivity contribution in [3.05, 3.63) is 29.3 Å². The van der Waals surface area contributed by atoms with Crippen LogP contribution in [0.15, 0.2) is 18.2 Å². The van der Waals surface area contributed by atoms with Crippen LogP contribution in [0.4, 0.5) is 5.69 Å². The Morgan fingerprint density at radius 3 is 2.62 bits per heavy atom. The number of rotatable bonds is 5. The Morgan fingerprint density at radius 2 is 2.00 bits per heavy atom. The van der Waals surface area contributed by atoms with Crippen molar-refractivity contribution in [3.8, 4) is 0 Å². The minimum atomic E-state index is -0.421. The largest absolute Gasteiger partial charge is 0.384 e. The van der Waals surface area contributed by atoms with E-state index in [4.69, 9.17) is 4.74 Å². The van der Waals surface area contributed by atoms with Crippen molar-refractivity contribution in [2.45, 2.75) is 32.7 Å². The van der Waals surface area contributed by atoms with Gasteiger partial charge in [-0.25, -0.2) is 0 Å². The molecule has 2 amide bonds. The fraction of sp³-hybridized carbons (Fsp3) is 0.500. The summed E-state index contributed by atoms with van der Waals surface area (Å²) in [5.41, 5.74) is 3.17. The normalized spacial score (nSPS) is 18.1. The van der Waals surface area contributed by atoms with Crippen molar-refractivity contribution in [1.82, 2.24) is 5.32 Å². The van der Waals surface area contributed by atoms with Crippen LogP contribution in [0.3, 0.4) is 0 Å². The standard InChI is InChI=1S/C16H22N2O3/c1-11-8-12(2)10-13(9-11)18-6-4-14(16(18)20)17-15(19)5-7-21-3/h8-10,14H,4-7H2,1-3H3,(H,17,19)/t14-/m1/s1. The SMILES string of the molecule is COCCC(=O)N[C@@H]1CCN(c2cc(C)cc(C)c2)C1=O. The van der Waals surface area contributed by atoms with Crippen LogP contribution in [-0.4, -0.2) is 38.1 Å². The maximum Gasteiger partial charge on any atom is 0.249 e. The molecule has 1 saturated heterocycles. The molecule has 0 aromatic heterocycles. The van der Waals surface area contributed by atoms with E-state index in [1.165, 1.54) is 0 Å². The van der Waals surface area contributed by atoms with Crippen LogP contribution < -0.4 is 10.2 Å². The molecule has 0 bridgehead atoms. The Balaban J connectivity index is 2.02. The van der Waals surface area contributed by atoms with E-state index >= 15 is 0 Å². The third-order valence-electron chi connectivity index (χ3n) is 3.59. The van der Waals surface area contributed by atoms with Crippen LogP contribution >= 0.6 is 0 Å². The Morgan fingerprint density at radius 1 is 1.33 bits per heavy atom. The highest BCUT2D eigenvalue weighted by atomic mass is 16.5. The minimum Gasteiger partial charge on any atom is -0.384 e. The number of anilines is 1. The van der Waals surface area contributed by atoms with Crippen molar-refractivity contribution in [3.63, 3.8) is 0 Å². The predicted molar refractivity (Wildman–Crippen MR) is 81.3 cm³/mol. The van der Waals surface area contributed by atoms with Gasteiger partial charge in [-0.3, -0.25) is 9.59 Å². The van der Waals surface area contributed by atoms with E-state index in [0.717, 1.165) is 16.8 Å². The second kappa shape index (κ2) is 6.72. The first-order chi connectivity index (χ1) is 10.0. The molecule has 0 unspecified atom stereocenters. The van der Waals surface area contributed by atoms with Crippen LogP contribution in [0.2, 0.25) is 0 Å². The molecular weight excluding hydrogens is 268 g/mol. The number of hydrogen-bond acceptors (Lipinski definition) is 3. The zero-order chi connectivity index (χ0) is 15.4. The summed E-state index contributed by atoms with van der Waals surface area (Å²) in [6, 6.07) is 5.66. The summed E-state index contributed by atoms with van der Waals surface area (Å²) in [5, 5.41) is 2.78. The molecule has 1 heterocycles. The van der Waals surface area contributed by atoms with Crippen LogP contribution in [0, 0.1) is 13.8 Å². The molecule has 5 heteroatoms. The number of aryl methyl sites for hydroxylation is 2. The number of hydrogen-bond donors (Lipinski definition) is 1. The Labute approximate surface area is 125 Å². The van der Waals surface area contributed by atoms with Crippen molar-refractivity contribution < 1.29 is 14.3 Å². The quantitative estimate of drug-likeness (QED) is 0.895. The van der Waals surface area contributed by atoms with Gasteiger partial charge in [-0.2, -0.15) is 0 Å². The Bertz CT molecular complexity index is 522. The fourth-order valence-electron chi connectivity index (χ4n) is 2.64. The third kappa shape index (κ3) is 3.82. The second-order valence-electron chi connectivity index (χ2n) is 5.49. The van der Waals surface area contributed by atoms with Gasteiger partial charge in [-0.15, -0.1) is 0 Å². The van der Waals surface area contributed by atoms with Gasteiger partial charge >= 0.3 is 0 Å². The molecule has 0 saturated carbocycles. The van der Waals surface area contributed by atoms with Gasteiger partial charge < -0.3 is 15.0 Å². The summed E-state index contributed by atoms with van der Waals surface area (Å²) in [4.78, 5) is 25.9. The number of benzene rings is 1. The van der Waals surface area contributed by atoms with Gasteiger partial charge in [0.1, 0.15) is 6.04 Å². The van der Waals surface area contributed by atoms with E-state index in [1.807, 2.05) is 26.0 Å². The lowest BCUT2D eigenvalue weighted by Crippen LogP contribution is -2.41. The van der Waals surface area contributed by atoms with Crippen LogP contribution in [0.25, 0.3) is 0 Å². The topological polar surface area (TPSA) is 58.6 Å². The van der Waals surface area contributed by atoms with Crippen LogP contribution in [0.5, 0.6) is 0 Å². The van der Waals surface area contributed by atoms with E-state index in [9.17, 15) is 9.59 Å². The Hall–Kier alpha value is -1.88. The maximum absolute atomic E-state index is 12.4. The van der Waals surface area contributed by atoms with Crippen LogP contribution in [0.1, 0.15) is 24.0 Å². The number of ether oxygens (including phenoxy) is 1. The molecular formula is C16H22N2O3. The summed E-state index contributed by atoms with van der Waals surface area (Å²) in [6.45, 7) is 5.03. The van der Waals surface area contributed by atoms with Gasteiger partial charge in [0.25, 0.3) is 0 Å².